The average Bonchev–Trinajstić information content (AvgIpc) is 3.54. The third-order valence-electron chi connectivity index (χ3n) is 7.00. The second-order valence-electron chi connectivity index (χ2n) is 10.5. The first kappa shape index (κ1) is 34.3. The fourth-order valence-electron chi connectivity index (χ4n) is 4.61. The summed E-state index contributed by atoms with van der Waals surface area (Å²) in [4.78, 5) is 41.0. The normalized spacial score (nSPS) is 11.4. The van der Waals surface area contributed by atoms with Crippen LogP contribution in [-0.2, 0) is 25.5 Å². The van der Waals surface area contributed by atoms with E-state index in [1.165, 1.54) is 41.2 Å². The minimum absolute atomic E-state index is 0.233. The van der Waals surface area contributed by atoms with Crippen molar-refractivity contribution in [2.75, 3.05) is 12.0 Å². The molecule has 0 spiro atoms. The fraction of sp³-hybridized carbons (Fsp3) is 0.132. The maximum atomic E-state index is 13.3. The number of hydrogen-bond acceptors (Lipinski definition) is 11. The highest BCUT2D eigenvalue weighted by Gasteiger charge is 2.18. The van der Waals surface area contributed by atoms with Crippen molar-refractivity contribution in [2.24, 2.45) is 5.10 Å². The van der Waals surface area contributed by atoms with Gasteiger partial charge in [-0.25, -0.2) is 19.4 Å². The van der Waals surface area contributed by atoms with Crippen molar-refractivity contribution >= 4 is 50.8 Å². The number of thiazole rings is 1. The minimum atomic E-state index is -1.26. The first-order chi connectivity index (χ1) is 23.8. The molecule has 0 aliphatic carbocycles. The summed E-state index contributed by atoms with van der Waals surface area (Å²) in [6.07, 6.45) is 4.33. The molecule has 1 aromatic heterocycles. The van der Waals surface area contributed by atoms with Crippen LogP contribution in [0.4, 0.5) is 5.13 Å². The molecule has 1 N–H and O–H groups in total. The lowest BCUT2D eigenvalue weighted by atomic mass is 10.0. The lowest BCUT2D eigenvalue weighted by Gasteiger charge is -2.18. The molecule has 0 fully saturated rings. The fourth-order valence-corrected chi connectivity index (χ4v) is 5.43. The number of carbonyl (C=O) groups is 3. The van der Waals surface area contributed by atoms with Crippen LogP contribution in [0, 0.1) is 0 Å². The van der Waals surface area contributed by atoms with E-state index in [-0.39, 0.29) is 17.9 Å². The number of esters is 3. The van der Waals surface area contributed by atoms with Gasteiger partial charge in [0.2, 0.25) is 5.13 Å². The summed E-state index contributed by atoms with van der Waals surface area (Å²) in [7, 11) is 0. The van der Waals surface area contributed by atoms with Gasteiger partial charge in [-0.15, -0.1) is 0 Å². The van der Waals surface area contributed by atoms with E-state index in [2.05, 4.69) is 59.9 Å². The van der Waals surface area contributed by atoms with Gasteiger partial charge in [-0.1, -0.05) is 80.3 Å². The highest BCUT2D eigenvalue weighted by Crippen LogP contribution is 2.29. The van der Waals surface area contributed by atoms with E-state index < -0.39 is 24.2 Å². The molecule has 10 nitrogen and oxygen atoms in total. The van der Waals surface area contributed by atoms with E-state index in [9.17, 15) is 14.4 Å². The zero-order valence-electron chi connectivity index (χ0n) is 26.7. The van der Waals surface area contributed by atoms with Gasteiger partial charge >= 0.3 is 17.9 Å². The molecule has 5 rings (SSSR count). The van der Waals surface area contributed by atoms with Crippen molar-refractivity contribution in [3.63, 3.8) is 0 Å². The first-order valence-corrected chi connectivity index (χ1v) is 16.2. The number of fused-ring (bicyclic) bond motifs is 1. The van der Waals surface area contributed by atoms with Crippen LogP contribution in [0.1, 0.15) is 34.8 Å². The van der Waals surface area contributed by atoms with E-state index in [0.717, 1.165) is 46.3 Å². The third kappa shape index (κ3) is 9.49. The molecule has 49 heavy (non-hydrogen) atoms. The molecule has 0 saturated carbocycles. The van der Waals surface area contributed by atoms with Gasteiger partial charge in [0.05, 0.1) is 22.0 Å². The molecule has 0 radical (unpaired) electrons. The summed E-state index contributed by atoms with van der Waals surface area (Å²) >= 11 is 1.48. The molecule has 248 valence electrons. The number of anilines is 1. The van der Waals surface area contributed by atoms with Gasteiger partial charge in [0.15, 0.2) is 6.61 Å². The van der Waals surface area contributed by atoms with Crippen LogP contribution in [0.2, 0.25) is 0 Å². The van der Waals surface area contributed by atoms with Crippen LogP contribution >= 0.6 is 11.3 Å². The smallest absolute Gasteiger partial charge is 0.343 e. The molecular weight excluding hydrogens is 642 g/mol. The van der Waals surface area contributed by atoms with Gasteiger partial charge in [0.1, 0.15) is 11.5 Å². The molecule has 1 atom stereocenters. The number of aryl methyl sites for hydroxylation is 1. The maximum absolute atomic E-state index is 13.3. The standard InChI is InChI=1S/C38H33N3O7S/c1-4-9-25-12-14-26(15-13-25)28-18-21-32(29(22-28)23-39-41-38-40-31-10-7-8-11-33(31)49-38)47-37(44)27-16-19-30(20-17-27)46-36(48-35(43)6-3)24-45-34(42)5-2/h5-8,10-23,36H,2-4,9,24H2,1H3,(H,40,41). The van der Waals surface area contributed by atoms with Crippen molar-refractivity contribution in [2.45, 2.75) is 26.1 Å². The summed E-state index contributed by atoms with van der Waals surface area (Å²) in [5, 5.41) is 5.03. The number of hydrazone groups is 1. The number of aromatic nitrogens is 1. The Labute approximate surface area is 287 Å². The highest BCUT2D eigenvalue weighted by molar-refractivity contribution is 7.22. The highest BCUT2D eigenvalue weighted by atomic mass is 32.1. The topological polar surface area (TPSA) is 125 Å². The number of benzene rings is 4. The Bertz CT molecular complexity index is 1950. The van der Waals surface area contributed by atoms with Gasteiger partial charge in [-0.2, -0.15) is 5.10 Å². The lowest BCUT2D eigenvalue weighted by Crippen LogP contribution is -2.29. The molecule has 0 aliphatic heterocycles. The second kappa shape index (κ2) is 16.7. The number of hydrogen-bond donors (Lipinski definition) is 1. The largest absolute Gasteiger partial charge is 0.455 e. The summed E-state index contributed by atoms with van der Waals surface area (Å²) < 4.78 is 22.6. The number of carbonyl (C=O) groups excluding carboxylic acids is 3. The summed E-state index contributed by atoms with van der Waals surface area (Å²) in [5.41, 5.74) is 7.86. The number of nitrogens with one attached hydrogen (secondary N) is 1. The second-order valence-corrected chi connectivity index (χ2v) is 11.5. The molecule has 0 saturated heterocycles. The molecule has 5 aromatic rings. The maximum Gasteiger partial charge on any atom is 0.343 e. The Morgan fingerprint density at radius 1 is 0.918 bits per heavy atom. The zero-order chi connectivity index (χ0) is 34.6. The Morgan fingerprint density at radius 2 is 1.65 bits per heavy atom. The van der Waals surface area contributed by atoms with E-state index in [0.29, 0.717) is 16.4 Å². The molecule has 0 aliphatic rings. The monoisotopic (exact) mass is 675 g/mol. The molecule has 1 heterocycles. The number of nitrogens with zero attached hydrogens (tertiary/aromatic N) is 2. The molecule has 11 heteroatoms. The lowest BCUT2D eigenvalue weighted by molar-refractivity contribution is -0.170. The number of para-hydroxylation sites is 1. The van der Waals surface area contributed by atoms with Gasteiger partial charge < -0.3 is 18.9 Å². The Hall–Kier alpha value is -6.07. The predicted molar refractivity (Wildman–Crippen MR) is 190 cm³/mol. The Morgan fingerprint density at radius 3 is 2.37 bits per heavy atom. The summed E-state index contributed by atoms with van der Waals surface area (Å²) in [6.45, 7) is 8.44. The van der Waals surface area contributed by atoms with Crippen molar-refractivity contribution in [3.8, 4) is 22.6 Å². The minimum Gasteiger partial charge on any atom is -0.455 e. The van der Waals surface area contributed by atoms with Crippen LogP contribution in [0.15, 0.2) is 121 Å². The van der Waals surface area contributed by atoms with Crippen molar-refractivity contribution in [1.82, 2.24) is 4.98 Å². The molecular formula is C38H33N3O7S. The molecule has 1 unspecified atom stereocenters. The third-order valence-corrected chi connectivity index (χ3v) is 7.94. The number of rotatable bonds is 15. The van der Waals surface area contributed by atoms with Crippen LogP contribution in [0.25, 0.3) is 21.3 Å². The van der Waals surface area contributed by atoms with E-state index in [1.807, 2.05) is 36.4 Å². The van der Waals surface area contributed by atoms with Crippen LogP contribution < -0.4 is 14.9 Å². The Kier molecular flexibility index (Phi) is 11.7. The van der Waals surface area contributed by atoms with E-state index >= 15 is 0 Å². The number of ether oxygens (including phenoxy) is 4. The predicted octanol–water partition coefficient (Wildman–Crippen LogP) is 7.74. The molecule has 4 aromatic carbocycles. The van der Waals surface area contributed by atoms with E-state index in [1.54, 1.807) is 12.3 Å². The zero-order valence-corrected chi connectivity index (χ0v) is 27.5. The van der Waals surface area contributed by atoms with Crippen molar-refractivity contribution < 1.29 is 33.3 Å². The van der Waals surface area contributed by atoms with Gasteiger partial charge in [0.25, 0.3) is 6.29 Å². The van der Waals surface area contributed by atoms with Crippen LogP contribution in [-0.4, -0.2) is 42.0 Å². The van der Waals surface area contributed by atoms with Gasteiger partial charge in [0, 0.05) is 17.7 Å². The Balaban J connectivity index is 1.33. The van der Waals surface area contributed by atoms with Crippen molar-refractivity contribution in [1.29, 1.82) is 0 Å². The molecule has 0 bridgehead atoms. The van der Waals surface area contributed by atoms with Crippen molar-refractivity contribution in [3.05, 3.63) is 133 Å². The quantitative estimate of drug-likeness (QED) is 0.0296. The average molecular weight is 676 g/mol. The van der Waals surface area contributed by atoms with Crippen LogP contribution in [0.5, 0.6) is 11.5 Å². The molecule has 0 amide bonds. The SMILES string of the molecule is C=CC(=O)OCC(OC(=O)C=C)Oc1ccc(C(=O)Oc2ccc(-c3ccc(CCC)cc3)cc2C=NNc2nc3ccccc3s2)cc1. The summed E-state index contributed by atoms with van der Waals surface area (Å²) in [6, 6.07) is 27.7. The van der Waals surface area contributed by atoms with Gasteiger partial charge in [-0.3, -0.25) is 5.43 Å². The summed E-state index contributed by atoms with van der Waals surface area (Å²) in [5.74, 6) is -1.56. The van der Waals surface area contributed by atoms with Gasteiger partial charge in [-0.05, 0) is 71.6 Å². The first-order valence-electron chi connectivity index (χ1n) is 15.3. The van der Waals surface area contributed by atoms with E-state index in [4.69, 9.17) is 18.9 Å². The van der Waals surface area contributed by atoms with Crippen LogP contribution in [0.3, 0.4) is 0 Å².